The molecule has 0 radical (unpaired) electrons. The van der Waals surface area contributed by atoms with E-state index in [9.17, 15) is 4.79 Å². The predicted molar refractivity (Wildman–Crippen MR) is 110 cm³/mol. The Morgan fingerprint density at radius 3 is 2.57 bits per heavy atom. The molecule has 6 heteroatoms. The van der Waals surface area contributed by atoms with Crippen LogP contribution in [0.1, 0.15) is 34.6 Å². The van der Waals surface area contributed by atoms with Gasteiger partial charge in [0, 0.05) is 45.1 Å². The number of amides is 1. The van der Waals surface area contributed by atoms with Gasteiger partial charge < -0.3 is 14.6 Å². The molecule has 1 amide bonds. The lowest BCUT2D eigenvalue weighted by Gasteiger charge is -2.32. The Morgan fingerprint density at radius 1 is 1.11 bits per heavy atom. The van der Waals surface area contributed by atoms with Crippen LogP contribution in [0.5, 0.6) is 0 Å². The normalized spacial score (nSPS) is 16.9. The molecule has 3 aromatic rings. The molecule has 0 bridgehead atoms. The highest BCUT2D eigenvalue weighted by molar-refractivity contribution is 5.93. The Kier molecular flexibility index (Phi) is 5.41. The largest absolute Gasteiger partial charge is 0.344 e. The fourth-order valence-corrected chi connectivity index (χ4v) is 3.57. The third kappa shape index (κ3) is 4.24. The van der Waals surface area contributed by atoms with Gasteiger partial charge in [-0.25, -0.2) is 4.98 Å². The molecule has 0 aliphatic carbocycles. The minimum Gasteiger partial charge on any atom is -0.344 e. The van der Waals surface area contributed by atoms with Gasteiger partial charge in [0.05, 0.1) is 6.04 Å². The molecule has 3 heterocycles. The summed E-state index contributed by atoms with van der Waals surface area (Å²) in [5.74, 6) is -0.155. The van der Waals surface area contributed by atoms with Crippen LogP contribution in [-0.2, 0) is 6.54 Å². The van der Waals surface area contributed by atoms with Gasteiger partial charge in [0.15, 0.2) is 0 Å². The van der Waals surface area contributed by atoms with Gasteiger partial charge in [0.25, 0.3) is 5.91 Å². The summed E-state index contributed by atoms with van der Waals surface area (Å²) in [6, 6.07) is 14.2. The number of benzene rings is 1. The van der Waals surface area contributed by atoms with Gasteiger partial charge in [0.2, 0.25) is 0 Å². The third-order valence-corrected chi connectivity index (χ3v) is 5.43. The SMILES string of the molecule is C[C@@H](NC(=O)c1cn2ccccc2n1)c1ccc(CN2CCN(C)CC2)cc1. The van der Waals surface area contributed by atoms with Crippen molar-refractivity contribution in [3.63, 3.8) is 0 Å². The van der Waals surface area contributed by atoms with Crippen molar-refractivity contribution in [2.75, 3.05) is 33.2 Å². The molecule has 1 aromatic carbocycles. The van der Waals surface area contributed by atoms with Gasteiger partial charge in [-0.3, -0.25) is 9.69 Å². The zero-order valence-corrected chi connectivity index (χ0v) is 16.5. The summed E-state index contributed by atoms with van der Waals surface area (Å²) in [4.78, 5) is 21.8. The maximum atomic E-state index is 12.6. The topological polar surface area (TPSA) is 52.9 Å². The lowest BCUT2D eigenvalue weighted by molar-refractivity contribution is 0.0935. The lowest BCUT2D eigenvalue weighted by atomic mass is 10.1. The van der Waals surface area contributed by atoms with Gasteiger partial charge in [-0.2, -0.15) is 0 Å². The van der Waals surface area contributed by atoms with Crippen molar-refractivity contribution in [2.45, 2.75) is 19.5 Å². The van der Waals surface area contributed by atoms with Gasteiger partial charge in [-0.15, -0.1) is 0 Å². The molecule has 1 aliphatic heterocycles. The standard InChI is InChI=1S/C22H27N5O/c1-17(23-22(28)20-16-27-10-4-3-5-21(27)24-20)19-8-6-18(7-9-19)15-26-13-11-25(2)12-14-26/h3-10,16-17H,11-15H2,1-2H3,(H,23,28)/t17-/m1/s1. The maximum absolute atomic E-state index is 12.6. The molecule has 0 saturated carbocycles. The molecule has 28 heavy (non-hydrogen) atoms. The summed E-state index contributed by atoms with van der Waals surface area (Å²) in [5.41, 5.74) is 3.62. The van der Waals surface area contributed by atoms with E-state index in [2.05, 4.69) is 51.4 Å². The zero-order chi connectivity index (χ0) is 19.5. The molecule has 2 aromatic heterocycles. The number of imidazole rings is 1. The van der Waals surface area contributed by atoms with Crippen molar-refractivity contribution < 1.29 is 4.79 Å². The number of fused-ring (bicyclic) bond motifs is 1. The van der Waals surface area contributed by atoms with Crippen LogP contribution in [0.4, 0.5) is 0 Å². The van der Waals surface area contributed by atoms with Crippen LogP contribution in [0, 0.1) is 0 Å². The maximum Gasteiger partial charge on any atom is 0.271 e. The molecular weight excluding hydrogens is 350 g/mol. The number of aromatic nitrogens is 2. The van der Waals surface area contributed by atoms with Gasteiger partial charge in [0.1, 0.15) is 11.3 Å². The van der Waals surface area contributed by atoms with Crippen LogP contribution in [-0.4, -0.2) is 58.3 Å². The minimum atomic E-state index is -0.155. The Balaban J connectivity index is 1.36. The number of likely N-dealkylation sites (N-methyl/N-ethyl adjacent to an activating group) is 1. The highest BCUT2D eigenvalue weighted by Crippen LogP contribution is 2.16. The predicted octanol–water partition coefficient (Wildman–Crippen LogP) is 2.57. The number of carbonyl (C=O) groups is 1. The Hall–Kier alpha value is -2.70. The van der Waals surface area contributed by atoms with Gasteiger partial charge in [-0.1, -0.05) is 30.3 Å². The Bertz CT molecular complexity index is 908. The molecule has 0 unspecified atom stereocenters. The number of carbonyl (C=O) groups excluding carboxylic acids is 1. The van der Waals surface area contributed by atoms with Gasteiger partial charge in [-0.05, 0) is 37.2 Å². The minimum absolute atomic E-state index is 0.0741. The summed E-state index contributed by atoms with van der Waals surface area (Å²) in [5, 5.41) is 3.05. The van der Waals surface area contributed by atoms with E-state index in [-0.39, 0.29) is 11.9 Å². The molecule has 1 fully saturated rings. The summed E-state index contributed by atoms with van der Waals surface area (Å²) in [7, 11) is 2.17. The molecule has 6 nitrogen and oxygen atoms in total. The van der Waals surface area contributed by atoms with E-state index in [4.69, 9.17) is 0 Å². The number of hydrogen-bond acceptors (Lipinski definition) is 4. The second-order valence-electron chi connectivity index (χ2n) is 7.61. The highest BCUT2D eigenvalue weighted by Gasteiger charge is 2.16. The van der Waals surface area contributed by atoms with E-state index in [1.54, 1.807) is 6.20 Å². The fourth-order valence-electron chi connectivity index (χ4n) is 3.57. The average Bonchev–Trinajstić information content (AvgIpc) is 3.15. The number of nitrogens with zero attached hydrogens (tertiary/aromatic N) is 4. The van der Waals surface area contributed by atoms with Crippen LogP contribution in [0.3, 0.4) is 0 Å². The van der Waals surface area contributed by atoms with Crippen molar-refractivity contribution in [1.82, 2.24) is 24.5 Å². The van der Waals surface area contributed by atoms with Crippen molar-refractivity contribution in [2.24, 2.45) is 0 Å². The molecule has 4 rings (SSSR count). The molecule has 1 saturated heterocycles. The number of pyridine rings is 1. The third-order valence-electron chi connectivity index (χ3n) is 5.43. The molecule has 1 N–H and O–H groups in total. The average molecular weight is 377 g/mol. The summed E-state index contributed by atoms with van der Waals surface area (Å²) < 4.78 is 1.85. The zero-order valence-electron chi connectivity index (χ0n) is 16.5. The van der Waals surface area contributed by atoms with Crippen LogP contribution >= 0.6 is 0 Å². The molecule has 1 atom stereocenters. The second-order valence-corrected chi connectivity index (χ2v) is 7.61. The molecule has 0 spiro atoms. The smallest absolute Gasteiger partial charge is 0.271 e. The molecule has 1 aliphatic rings. The summed E-state index contributed by atoms with van der Waals surface area (Å²) >= 11 is 0. The number of piperazine rings is 1. The lowest BCUT2D eigenvalue weighted by Crippen LogP contribution is -2.43. The highest BCUT2D eigenvalue weighted by atomic mass is 16.2. The number of hydrogen-bond donors (Lipinski definition) is 1. The van der Waals surface area contributed by atoms with E-state index in [1.807, 2.05) is 35.7 Å². The number of nitrogens with one attached hydrogen (secondary N) is 1. The molecule has 146 valence electrons. The van der Waals surface area contributed by atoms with Crippen molar-refractivity contribution in [3.8, 4) is 0 Å². The van der Waals surface area contributed by atoms with Crippen LogP contribution in [0.15, 0.2) is 54.9 Å². The van der Waals surface area contributed by atoms with Crippen LogP contribution in [0.2, 0.25) is 0 Å². The first-order valence-electron chi connectivity index (χ1n) is 9.83. The van der Waals surface area contributed by atoms with E-state index in [1.165, 1.54) is 5.56 Å². The first kappa shape index (κ1) is 18.7. The summed E-state index contributed by atoms with van der Waals surface area (Å²) in [6.45, 7) is 7.47. The van der Waals surface area contributed by atoms with Crippen molar-refractivity contribution in [1.29, 1.82) is 0 Å². The van der Waals surface area contributed by atoms with Crippen LogP contribution in [0.25, 0.3) is 5.65 Å². The second kappa shape index (κ2) is 8.12. The first-order valence-corrected chi connectivity index (χ1v) is 9.83. The fraction of sp³-hybridized carbons (Fsp3) is 0.364. The van der Waals surface area contributed by atoms with E-state index < -0.39 is 0 Å². The quantitative estimate of drug-likeness (QED) is 0.743. The Labute approximate surface area is 165 Å². The van der Waals surface area contributed by atoms with E-state index >= 15 is 0 Å². The van der Waals surface area contributed by atoms with E-state index in [0.717, 1.165) is 43.9 Å². The summed E-state index contributed by atoms with van der Waals surface area (Å²) in [6.07, 6.45) is 3.65. The van der Waals surface area contributed by atoms with Crippen molar-refractivity contribution in [3.05, 3.63) is 71.7 Å². The molecular formula is C22H27N5O. The van der Waals surface area contributed by atoms with E-state index in [0.29, 0.717) is 5.69 Å². The number of rotatable bonds is 5. The first-order chi connectivity index (χ1) is 13.6. The van der Waals surface area contributed by atoms with Gasteiger partial charge >= 0.3 is 0 Å². The van der Waals surface area contributed by atoms with Crippen molar-refractivity contribution >= 4 is 11.6 Å². The Morgan fingerprint density at radius 2 is 1.86 bits per heavy atom. The van der Waals surface area contributed by atoms with Crippen LogP contribution < -0.4 is 5.32 Å². The monoisotopic (exact) mass is 377 g/mol.